The number of carbonyl (C=O) groups is 2. The van der Waals surface area contributed by atoms with Gasteiger partial charge in [0.1, 0.15) is 13.2 Å². The normalized spacial score (nSPS) is 13.4. The van der Waals surface area contributed by atoms with Crippen molar-refractivity contribution in [3.05, 3.63) is 35.7 Å². The molecular weight excluding hydrogens is 452 g/mol. The molecule has 0 bridgehead atoms. The highest BCUT2D eigenvalue weighted by Gasteiger charge is 2.21. The van der Waals surface area contributed by atoms with Crippen LogP contribution in [-0.2, 0) is 20.9 Å². The number of ether oxygens (including phenoxy) is 3. The van der Waals surface area contributed by atoms with Crippen LogP contribution in [0.4, 0.5) is 5.69 Å². The Bertz CT molecular complexity index is 1100. The van der Waals surface area contributed by atoms with Gasteiger partial charge in [0.25, 0.3) is 5.91 Å². The van der Waals surface area contributed by atoms with Gasteiger partial charge in [-0.25, -0.2) is 0 Å². The van der Waals surface area contributed by atoms with Crippen molar-refractivity contribution in [2.45, 2.75) is 31.7 Å². The van der Waals surface area contributed by atoms with E-state index in [1.807, 2.05) is 29.0 Å². The zero-order valence-electron chi connectivity index (χ0n) is 17.6. The van der Waals surface area contributed by atoms with Crippen LogP contribution in [0.5, 0.6) is 11.5 Å². The summed E-state index contributed by atoms with van der Waals surface area (Å²) in [5.41, 5.74) is 0.536. The number of esters is 1. The zero-order valence-corrected chi connectivity index (χ0v) is 19.2. The average Bonchev–Trinajstić information content (AvgIpc) is 3.47. The SMILES string of the molecule is CCn1c(SCC(=O)OC(C)C(=O)Nc2ccc3c(c2)OCCO3)nnc1-c1cccs1. The van der Waals surface area contributed by atoms with Crippen molar-refractivity contribution in [3.63, 3.8) is 0 Å². The number of amides is 1. The number of aromatic nitrogens is 3. The standard InChI is InChI=1S/C21H22N4O5S2/c1-3-25-19(17-5-4-10-31-17)23-24-21(25)32-12-18(26)30-13(2)20(27)22-14-6-7-15-16(11-14)29-9-8-28-15/h4-7,10-11,13H,3,8-9,12H2,1-2H3,(H,22,27). The number of nitrogens with one attached hydrogen (secondary N) is 1. The molecular formula is C21H22N4O5S2. The van der Waals surface area contributed by atoms with E-state index < -0.39 is 18.0 Å². The first kappa shape index (κ1) is 22.2. The summed E-state index contributed by atoms with van der Waals surface area (Å²) in [6.45, 7) is 5.14. The third kappa shape index (κ3) is 5.05. The fraction of sp³-hybridized carbons (Fsp3) is 0.333. The second-order valence-corrected chi connectivity index (χ2v) is 8.69. The maximum atomic E-state index is 12.4. The summed E-state index contributed by atoms with van der Waals surface area (Å²) in [4.78, 5) is 25.7. The van der Waals surface area contributed by atoms with Crippen LogP contribution in [0.1, 0.15) is 13.8 Å². The molecule has 0 spiro atoms. The monoisotopic (exact) mass is 474 g/mol. The summed E-state index contributed by atoms with van der Waals surface area (Å²) in [5, 5.41) is 13.8. The van der Waals surface area contributed by atoms with Crippen LogP contribution < -0.4 is 14.8 Å². The van der Waals surface area contributed by atoms with Crippen molar-refractivity contribution >= 4 is 40.7 Å². The van der Waals surface area contributed by atoms with E-state index in [1.165, 1.54) is 18.7 Å². The number of carbonyl (C=O) groups excluding carboxylic acids is 2. The summed E-state index contributed by atoms with van der Waals surface area (Å²) >= 11 is 2.81. The van der Waals surface area contributed by atoms with Gasteiger partial charge in [0.2, 0.25) is 0 Å². The molecule has 1 atom stereocenters. The van der Waals surface area contributed by atoms with Crippen molar-refractivity contribution in [2.24, 2.45) is 0 Å². The number of thioether (sulfide) groups is 1. The number of anilines is 1. The number of fused-ring (bicyclic) bond motifs is 1. The Morgan fingerprint density at radius 2 is 2.06 bits per heavy atom. The van der Waals surface area contributed by atoms with Gasteiger partial charge in [-0.2, -0.15) is 0 Å². The lowest BCUT2D eigenvalue weighted by molar-refractivity contribution is -0.150. The Hall–Kier alpha value is -3.05. The summed E-state index contributed by atoms with van der Waals surface area (Å²) < 4.78 is 18.2. The molecule has 0 saturated heterocycles. The Labute approximate surface area is 193 Å². The summed E-state index contributed by atoms with van der Waals surface area (Å²) in [5.74, 6) is 1.04. The summed E-state index contributed by atoms with van der Waals surface area (Å²) in [6.07, 6.45) is -0.956. The Balaban J connectivity index is 1.30. The first-order valence-electron chi connectivity index (χ1n) is 10.0. The van der Waals surface area contributed by atoms with E-state index >= 15 is 0 Å². The predicted octanol–water partition coefficient (Wildman–Crippen LogP) is 3.46. The van der Waals surface area contributed by atoms with Crippen LogP contribution in [0, 0.1) is 0 Å². The second-order valence-electron chi connectivity index (χ2n) is 6.80. The molecule has 0 fully saturated rings. The maximum Gasteiger partial charge on any atom is 0.317 e. The first-order valence-corrected chi connectivity index (χ1v) is 11.9. The molecule has 1 amide bonds. The van der Waals surface area contributed by atoms with Crippen molar-refractivity contribution in [2.75, 3.05) is 24.3 Å². The van der Waals surface area contributed by atoms with Crippen molar-refractivity contribution in [1.29, 1.82) is 0 Å². The number of nitrogens with zero attached hydrogens (tertiary/aromatic N) is 3. The van der Waals surface area contributed by atoms with Crippen LogP contribution in [-0.4, -0.2) is 51.7 Å². The lowest BCUT2D eigenvalue weighted by Gasteiger charge is -2.19. The Morgan fingerprint density at radius 3 is 2.81 bits per heavy atom. The van der Waals surface area contributed by atoms with E-state index in [4.69, 9.17) is 14.2 Å². The topological polar surface area (TPSA) is 105 Å². The molecule has 168 valence electrons. The highest BCUT2D eigenvalue weighted by molar-refractivity contribution is 7.99. The van der Waals surface area contributed by atoms with Gasteiger partial charge in [0.15, 0.2) is 28.6 Å². The summed E-state index contributed by atoms with van der Waals surface area (Å²) in [7, 11) is 0. The molecule has 0 aliphatic carbocycles. The van der Waals surface area contributed by atoms with E-state index in [2.05, 4.69) is 15.5 Å². The molecule has 4 rings (SSSR count). The molecule has 1 aliphatic rings. The largest absolute Gasteiger partial charge is 0.486 e. The van der Waals surface area contributed by atoms with Crippen LogP contribution in [0.25, 0.3) is 10.7 Å². The molecule has 2 aromatic heterocycles. The van der Waals surface area contributed by atoms with Crippen LogP contribution in [0.15, 0.2) is 40.9 Å². The smallest absolute Gasteiger partial charge is 0.317 e. The molecule has 1 aromatic carbocycles. The second kappa shape index (κ2) is 10.0. The molecule has 0 saturated carbocycles. The van der Waals surface area contributed by atoms with Crippen molar-refractivity contribution < 1.29 is 23.8 Å². The minimum absolute atomic E-state index is 0.0181. The van der Waals surface area contributed by atoms with Gasteiger partial charge in [-0.05, 0) is 37.4 Å². The third-order valence-corrected chi connectivity index (χ3v) is 6.39. The molecule has 0 radical (unpaired) electrons. The fourth-order valence-electron chi connectivity index (χ4n) is 3.04. The molecule has 11 heteroatoms. The van der Waals surface area contributed by atoms with E-state index in [9.17, 15) is 9.59 Å². The highest BCUT2D eigenvalue weighted by atomic mass is 32.2. The van der Waals surface area contributed by atoms with Gasteiger partial charge >= 0.3 is 5.97 Å². The molecule has 3 heterocycles. The van der Waals surface area contributed by atoms with E-state index in [0.29, 0.717) is 42.1 Å². The summed E-state index contributed by atoms with van der Waals surface area (Å²) in [6, 6.07) is 9.05. The van der Waals surface area contributed by atoms with Gasteiger partial charge in [-0.1, -0.05) is 17.8 Å². The Kier molecular flexibility index (Phi) is 6.96. The number of hydrogen-bond donors (Lipinski definition) is 1. The van der Waals surface area contributed by atoms with Gasteiger partial charge in [0.05, 0.1) is 10.6 Å². The van der Waals surface area contributed by atoms with Gasteiger partial charge in [-0.3, -0.25) is 9.59 Å². The van der Waals surface area contributed by atoms with E-state index in [1.54, 1.807) is 29.5 Å². The van der Waals surface area contributed by atoms with Gasteiger partial charge in [0, 0.05) is 18.3 Å². The first-order chi connectivity index (χ1) is 15.5. The molecule has 1 unspecified atom stereocenters. The third-order valence-electron chi connectivity index (χ3n) is 4.58. The molecule has 32 heavy (non-hydrogen) atoms. The predicted molar refractivity (Wildman–Crippen MR) is 121 cm³/mol. The molecule has 9 nitrogen and oxygen atoms in total. The van der Waals surface area contributed by atoms with E-state index in [0.717, 1.165) is 10.7 Å². The molecule has 1 N–H and O–H groups in total. The fourth-order valence-corrected chi connectivity index (χ4v) is 4.54. The minimum Gasteiger partial charge on any atom is -0.486 e. The van der Waals surface area contributed by atoms with Crippen LogP contribution in [0.2, 0.25) is 0 Å². The number of hydrogen-bond acceptors (Lipinski definition) is 9. The number of thiophene rings is 1. The van der Waals surface area contributed by atoms with Gasteiger partial charge in [-0.15, -0.1) is 21.5 Å². The minimum atomic E-state index is -0.956. The van der Waals surface area contributed by atoms with E-state index in [-0.39, 0.29) is 5.75 Å². The lowest BCUT2D eigenvalue weighted by Crippen LogP contribution is -2.30. The lowest BCUT2D eigenvalue weighted by atomic mass is 10.2. The zero-order chi connectivity index (χ0) is 22.5. The Morgan fingerprint density at radius 1 is 1.25 bits per heavy atom. The van der Waals surface area contributed by atoms with Crippen LogP contribution in [0.3, 0.4) is 0 Å². The average molecular weight is 475 g/mol. The van der Waals surface area contributed by atoms with Crippen molar-refractivity contribution in [3.8, 4) is 22.2 Å². The maximum absolute atomic E-state index is 12.4. The number of rotatable bonds is 8. The highest BCUT2D eigenvalue weighted by Crippen LogP contribution is 2.32. The quantitative estimate of drug-likeness (QED) is 0.391. The van der Waals surface area contributed by atoms with Crippen molar-refractivity contribution in [1.82, 2.24) is 14.8 Å². The molecule has 3 aromatic rings. The molecule has 1 aliphatic heterocycles. The van der Waals surface area contributed by atoms with Gasteiger partial charge < -0.3 is 24.1 Å². The van der Waals surface area contributed by atoms with Crippen LogP contribution >= 0.6 is 23.1 Å². The number of benzene rings is 1.